The minimum Gasteiger partial charge on any atom is -0.434 e. The number of ether oxygens (including phenoxy) is 1. The molecule has 0 aliphatic heterocycles. The highest BCUT2D eigenvalue weighted by Crippen LogP contribution is 2.35. The summed E-state index contributed by atoms with van der Waals surface area (Å²) in [6.07, 6.45) is 1.25. The van der Waals surface area contributed by atoms with Crippen LogP contribution in [0.25, 0.3) is 0 Å². The normalized spacial score (nSPS) is 11.9. The Bertz CT molecular complexity index is 944. The number of aromatic nitrogens is 2. The molecule has 0 saturated carbocycles. The Labute approximate surface area is 163 Å². The predicted octanol–water partition coefficient (Wildman–Crippen LogP) is 5.47. The largest absolute Gasteiger partial charge is 0.434 e. The summed E-state index contributed by atoms with van der Waals surface area (Å²) >= 11 is 0. The van der Waals surface area contributed by atoms with Crippen LogP contribution in [0.2, 0.25) is 0 Å². The molecule has 0 aliphatic carbocycles. The van der Waals surface area contributed by atoms with Crippen LogP contribution >= 0.6 is 0 Å². The molecule has 0 amide bonds. The minimum absolute atomic E-state index is 0.0972. The predicted molar refractivity (Wildman–Crippen MR) is 108 cm³/mol. The maximum absolute atomic E-state index is 11.7. The number of rotatable bonds is 7. The highest BCUT2D eigenvalue weighted by molar-refractivity contribution is 5.62. The monoisotopic (exact) mass is 378 g/mol. The number of anilines is 1. The number of nitrogens with one attached hydrogen (secondary N) is 1. The SMILES string of the molecule is CC(C)c1ccc(Oc2ncnc(NC(C)c3ccccc3)c2[N+](=O)[O-])cc1. The van der Waals surface area contributed by atoms with Crippen LogP contribution in [0.15, 0.2) is 60.9 Å². The van der Waals surface area contributed by atoms with Crippen molar-refractivity contribution in [2.75, 3.05) is 5.32 Å². The second-order valence-corrected chi connectivity index (χ2v) is 6.74. The van der Waals surface area contributed by atoms with Crippen molar-refractivity contribution in [1.29, 1.82) is 0 Å². The molecule has 28 heavy (non-hydrogen) atoms. The van der Waals surface area contributed by atoms with Gasteiger partial charge in [-0.2, -0.15) is 4.98 Å². The Morgan fingerprint density at radius 2 is 1.64 bits per heavy atom. The van der Waals surface area contributed by atoms with E-state index >= 15 is 0 Å². The van der Waals surface area contributed by atoms with E-state index in [0.717, 1.165) is 11.1 Å². The first-order valence-electron chi connectivity index (χ1n) is 9.04. The molecule has 7 nitrogen and oxygen atoms in total. The lowest BCUT2D eigenvalue weighted by Gasteiger charge is -2.15. The maximum Gasteiger partial charge on any atom is 0.373 e. The summed E-state index contributed by atoms with van der Waals surface area (Å²) in [6.45, 7) is 6.10. The van der Waals surface area contributed by atoms with Gasteiger partial charge in [0.25, 0.3) is 0 Å². The lowest BCUT2D eigenvalue weighted by molar-refractivity contribution is -0.385. The summed E-state index contributed by atoms with van der Waals surface area (Å²) in [6, 6.07) is 16.9. The molecule has 0 radical (unpaired) electrons. The van der Waals surface area contributed by atoms with Crippen LogP contribution in [0.4, 0.5) is 11.5 Å². The van der Waals surface area contributed by atoms with Crippen LogP contribution in [-0.4, -0.2) is 14.9 Å². The molecule has 1 N–H and O–H groups in total. The molecule has 0 fully saturated rings. The van der Waals surface area contributed by atoms with E-state index in [9.17, 15) is 10.1 Å². The van der Waals surface area contributed by atoms with Crippen LogP contribution in [0.5, 0.6) is 11.6 Å². The Kier molecular flexibility index (Phi) is 5.84. The zero-order valence-corrected chi connectivity index (χ0v) is 16.0. The summed E-state index contributed by atoms with van der Waals surface area (Å²) in [5.41, 5.74) is 1.85. The van der Waals surface area contributed by atoms with Crippen LogP contribution in [0.3, 0.4) is 0 Å². The third-order valence-corrected chi connectivity index (χ3v) is 4.39. The van der Waals surface area contributed by atoms with Crippen molar-refractivity contribution in [2.24, 2.45) is 0 Å². The van der Waals surface area contributed by atoms with Crippen LogP contribution in [-0.2, 0) is 0 Å². The second kappa shape index (κ2) is 8.47. The maximum atomic E-state index is 11.7. The molecular formula is C21H22N4O3. The van der Waals surface area contributed by atoms with Crippen molar-refractivity contribution in [1.82, 2.24) is 9.97 Å². The highest BCUT2D eigenvalue weighted by atomic mass is 16.6. The number of hydrogen-bond donors (Lipinski definition) is 1. The zero-order chi connectivity index (χ0) is 20.1. The van der Waals surface area contributed by atoms with Gasteiger partial charge in [0.1, 0.15) is 12.1 Å². The first kappa shape index (κ1) is 19.3. The van der Waals surface area contributed by atoms with E-state index in [1.54, 1.807) is 12.1 Å². The smallest absolute Gasteiger partial charge is 0.373 e. The zero-order valence-electron chi connectivity index (χ0n) is 16.0. The standard InChI is InChI=1S/C21H22N4O3/c1-14(2)16-9-11-18(12-10-16)28-21-19(25(26)27)20(22-13-23-21)24-15(3)17-7-5-4-6-8-17/h4-15H,1-3H3,(H,22,23,24). The van der Waals surface area contributed by atoms with E-state index < -0.39 is 4.92 Å². The van der Waals surface area contributed by atoms with Crippen molar-refractivity contribution in [3.05, 3.63) is 82.2 Å². The van der Waals surface area contributed by atoms with Gasteiger partial charge in [-0.05, 0) is 36.1 Å². The summed E-state index contributed by atoms with van der Waals surface area (Å²) < 4.78 is 5.70. The van der Waals surface area contributed by atoms with Gasteiger partial charge in [0.2, 0.25) is 5.82 Å². The van der Waals surface area contributed by atoms with E-state index in [4.69, 9.17) is 4.74 Å². The first-order valence-corrected chi connectivity index (χ1v) is 9.04. The van der Waals surface area contributed by atoms with Crippen molar-refractivity contribution < 1.29 is 9.66 Å². The van der Waals surface area contributed by atoms with E-state index in [1.165, 1.54) is 6.33 Å². The van der Waals surface area contributed by atoms with Gasteiger partial charge in [0, 0.05) is 0 Å². The van der Waals surface area contributed by atoms with Crippen LogP contribution in [0, 0.1) is 10.1 Å². The van der Waals surface area contributed by atoms with Gasteiger partial charge in [-0.3, -0.25) is 10.1 Å². The molecule has 0 saturated heterocycles. The number of nitrogens with zero attached hydrogens (tertiary/aromatic N) is 3. The van der Waals surface area contributed by atoms with E-state index in [0.29, 0.717) is 11.7 Å². The molecule has 0 aliphatic rings. The Hall–Kier alpha value is -3.48. The van der Waals surface area contributed by atoms with Crippen molar-refractivity contribution in [3.8, 4) is 11.6 Å². The molecule has 0 spiro atoms. The lowest BCUT2D eigenvalue weighted by Crippen LogP contribution is -2.11. The topological polar surface area (TPSA) is 90.2 Å². The Morgan fingerprint density at radius 3 is 2.25 bits per heavy atom. The molecule has 2 aromatic carbocycles. The van der Waals surface area contributed by atoms with Gasteiger partial charge in [0.15, 0.2) is 0 Å². The quantitative estimate of drug-likeness (QED) is 0.433. The molecule has 1 atom stereocenters. The molecule has 1 heterocycles. The number of nitro groups is 1. The minimum atomic E-state index is -0.530. The van der Waals surface area contributed by atoms with Crippen molar-refractivity contribution in [2.45, 2.75) is 32.7 Å². The van der Waals surface area contributed by atoms with Crippen LogP contribution in [0.1, 0.15) is 43.9 Å². The van der Waals surface area contributed by atoms with E-state index in [1.807, 2.05) is 49.4 Å². The van der Waals surface area contributed by atoms with Crippen molar-refractivity contribution in [3.63, 3.8) is 0 Å². The molecule has 1 unspecified atom stereocenters. The summed E-state index contributed by atoms with van der Waals surface area (Å²) in [5, 5.41) is 14.8. The van der Waals surface area contributed by atoms with Gasteiger partial charge in [0.05, 0.1) is 11.0 Å². The van der Waals surface area contributed by atoms with Gasteiger partial charge in [-0.15, -0.1) is 0 Å². The fourth-order valence-corrected chi connectivity index (χ4v) is 2.77. The number of hydrogen-bond acceptors (Lipinski definition) is 6. The average Bonchev–Trinajstić information content (AvgIpc) is 2.69. The number of benzene rings is 2. The molecule has 7 heteroatoms. The molecule has 3 rings (SSSR count). The van der Waals surface area contributed by atoms with Gasteiger partial charge >= 0.3 is 11.6 Å². The van der Waals surface area contributed by atoms with Gasteiger partial charge < -0.3 is 10.1 Å². The molecule has 0 bridgehead atoms. The molecule has 1 aromatic heterocycles. The molecular weight excluding hydrogens is 356 g/mol. The first-order chi connectivity index (χ1) is 13.5. The van der Waals surface area contributed by atoms with Gasteiger partial charge in [-0.1, -0.05) is 56.3 Å². The fourth-order valence-electron chi connectivity index (χ4n) is 2.77. The van der Waals surface area contributed by atoms with Crippen molar-refractivity contribution >= 4 is 11.5 Å². The fraction of sp³-hybridized carbons (Fsp3) is 0.238. The van der Waals surface area contributed by atoms with Crippen LogP contribution < -0.4 is 10.1 Å². The second-order valence-electron chi connectivity index (χ2n) is 6.74. The Morgan fingerprint density at radius 1 is 0.964 bits per heavy atom. The third-order valence-electron chi connectivity index (χ3n) is 4.39. The lowest BCUT2D eigenvalue weighted by atomic mass is 10.0. The third kappa shape index (κ3) is 4.43. The Balaban J connectivity index is 1.88. The van der Waals surface area contributed by atoms with Gasteiger partial charge in [-0.25, -0.2) is 4.98 Å². The molecule has 144 valence electrons. The average molecular weight is 378 g/mol. The summed E-state index contributed by atoms with van der Waals surface area (Å²) in [5.74, 6) is 0.885. The summed E-state index contributed by atoms with van der Waals surface area (Å²) in [4.78, 5) is 19.2. The molecule has 3 aromatic rings. The van der Waals surface area contributed by atoms with E-state index in [-0.39, 0.29) is 23.4 Å². The highest BCUT2D eigenvalue weighted by Gasteiger charge is 2.26. The summed E-state index contributed by atoms with van der Waals surface area (Å²) in [7, 11) is 0. The van der Waals surface area contributed by atoms with E-state index in [2.05, 4.69) is 29.1 Å².